The normalized spacial score (nSPS) is 22.4. The predicted octanol–water partition coefficient (Wildman–Crippen LogP) is 2.86. The number of anilines is 2. The third-order valence-corrected chi connectivity index (χ3v) is 7.43. The summed E-state index contributed by atoms with van der Waals surface area (Å²) in [5.74, 6) is 2.45. The topological polar surface area (TPSA) is 84.4 Å². The van der Waals surface area contributed by atoms with E-state index in [2.05, 4.69) is 21.4 Å². The number of nitrogens with one attached hydrogen (secondary N) is 1. The predicted molar refractivity (Wildman–Crippen MR) is 125 cm³/mol. The van der Waals surface area contributed by atoms with Crippen molar-refractivity contribution in [2.45, 2.75) is 18.9 Å². The number of nitrogens with two attached hydrogens (primary N) is 1. The number of benzene rings is 1. The zero-order valence-electron chi connectivity index (χ0n) is 18.3. The van der Waals surface area contributed by atoms with Crippen LogP contribution in [0.2, 0.25) is 0 Å². The molecule has 2 aliphatic carbocycles. The van der Waals surface area contributed by atoms with Crippen molar-refractivity contribution in [1.29, 1.82) is 0 Å². The maximum absolute atomic E-state index is 14.5. The molecule has 1 aliphatic heterocycles. The average molecular weight is 442 g/mol. The van der Waals surface area contributed by atoms with Crippen LogP contribution in [0.3, 0.4) is 0 Å². The van der Waals surface area contributed by atoms with Crippen molar-refractivity contribution in [3.05, 3.63) is 71.2 Å². The maximum Gasteiger partial charge on any atom is 0.140 e. The van der Waals surface area contributed by atoms with Gasteiger partial charge in [0, 0.05) is 50.0 Å². The lowest BCUT2D eigenvalue weighted by Gasteiger charge is -2.23. The molecule has 33 heavy (non-hydrogen) atoms. The zero-order chi connectivity index (χ0) is 22.3. The Kier molecular flexibility index (Phi) is 3.88. The monoisotopic (exact) mass is 441 g/mol. The van der Waals surface area contributed by atoms with Crippen LogP contribution in [0.15, 0.2) is 42.6 Å². The van der Waals surface area contributed by atoms with E-state index in [9.17, 15) is 4.39 Å². The van der Waals surface area contributed by atoms with Gasteiger partial charge in [-0.15, -0.1) is 0 Å². The summed E-state index contributed by atoms with van der Waals surface area (Å²) in [6.07, 6.45) is 3.15. The van der Waals surface area contributed by atoms with Crippen molar-refractivity contribution >= 4 is 17.0 Å². The first kappa shape index (κ1) is 19.0. The van der Waals surface area contributed by atoms with Crippen LogP contribution in [0.25, 0.3) is 16.6 Å². The molecule has 1 aromatic carbocycles. The van der Waals surface area contributed by atoms with Crippen molar-refractivity contribution in [1.82, 2.24) is 19.6 Å². The van der Waals surface area contributed by atoms with E-state index < -0.39 is 0 Å². The number of halogens is 1. The van der Waals surface area contributed by atoms with Crippen LogP contribution in [0.1, 0.15) is 22.8 Å². The van der Waals surface area contributed by atoms with Gasteiger partial charge >= 0.3 is 0 Å². The molecule has 0 bridgehead atoms. The first-order valence-corrected chi connectivity index (χ1v) is 11.4. The Labute approximate surface area is 190 Å². The van der Waals surface area contributed by atoms with Crippen LogP contribution in [0, 0.1) is 17.7 Å². The number of fused-ring (bicyclic) bond motifs is 5. The number of aromatic nitrogens is 4. The number of pyridine rings is 1. The van der Waals surface area contributed by atoms with Crippen molar-refractivity contribution in [2.24, 2.45) is 17.6 Å². The van der Waals surface area contributed by atoms with Crippen LogP contribution >= 0.6 is 0 Å². The molecular formula is C25H24FN7. The Morgan fingerprint density at radius 3 is 2.79 bits per heavy atom. The van der Waals surface area contributed by atoms with Gasteiger partial charge in [0.2, 0.25) is 0 Å². The molecule has 2 unspecified atom stereocenters. The molecule has 1 saturated carbocycles. The summed E-state index contributed by atoms with van der Waals surface area (Å²) in [6.45, 7) is 1.79. The lowest BCUT2D eigenvalue weighted by molar-refractivity contribution is 0.628. The summed E-state index contributed by atoms with van der Waals surface area (Å²) in [6, 6.07) is 11.6. The van der Waals surface area contributed by atoms with Gasteiger partial charge in [0.1, 0.15) is 17.5 Å². The summed E-state index contributed by atoms with van der Waals surface area (Å²) >= 11 is 0. The minimum Gasteiger partial charge on any atom is -0.388 e. The molecule has 3 N–H and O–H groups in total. The lowest BCUT2D eigenvalue weighted by atomic mass is 10.0. The molecular weight excluding hydrogens is 417 g/mol. The van der Waals surface area contributed by atoms with Gasteiger partial charge in [-0.25, -0.2) is 18.9 Å². The van der Waals surface area contributed by atoms with E-state index in [4.69, 9.17) is 15.7 Å². The molecule has 7 nitrogen and oxygen atoms in total. The van der Waals surface area contributed by atoms with Gasteiger partial charge in [0.05, 0.1) is 23.3 Å². The van der Waals surface area contributed by atoms with Crippen molar-refractivity contribution < 1.29 is 4.39 Å². The van der Waals surface area contributed by atoms with E-state index in [0.717, 1.165) is 64.0 Å². The molecule has 3 aliphatic rings. The van der Waals surface area contributed by atoms with Gasteiger partial charge in [-0.05, 0) is 53.3 Å². The Morgan fingerprint density at radius 1 is 1.15 bits per heavy atom. The highest BCUT2D eigenvalue weighted by molar-refractivity contribution is 5.88. The highest BCUT2D eigenvalue weighted by Crippen LogP contribution is 2.49. The third kappa shape index (κ3) is 2.87. The van der Waals surface area contributed by atoms with Crippen LogP contribution in [-0.2, 0) is 12.8 Å². The Bertz CT molecular complexity index is 1380. The highest BCUT2D eigenvalue weighted by atomic mass is 19.1. The number of nitrogens with zero attached hydrogens (tertiary/aromatic N) is 5. The lowest BCUT2D eigenvalue weighted by Crippen LogP contribution is -2.29. The number of piperidine rings is 1. The van der Waals surface area contributed by atoms with Crippen molar-refractivity contribution in [3.8, 4) is 11.1 Å². The first-order valence-electron chi connectivity index (χ1n) is 11.4. The summed E-state index contributed by atoms with van der Waals surface area (Å²) < 4.78 is 16.4. The zero-order valence-corrected chi connectivity index (χ0v) is 18.3. The van der Waals surface area contributed by atoms with Gasteiger partial charge in [-0.1, -0.05) is 6.07 Å². The average Bonchev–Trinajstić information content (AvgIpc) is 3.25. The molecule has 3 aromatic heterocycles. The number of hydrogen-bond acceptors (Lipinski definition) is 6. The van der Waals surface area contributed by atoms with Gasteiger partial charge < -0.3 is 16.0 Å². The molecule has 2 fully saturated rings. The molecule has 4 heterocycles. The summed E-state index contributed by atoms with van der Waals surface area (Å²) in [5.41, 5.74) is 12.9. The Morgan fingerprint density at radius 2 is 2.00 bits per heavy atom. The molecule has 2 atom stereocenters. The van der Waals surface area contributed by atoms with Gasteiger partial charge in [-0.2, -0.15) is 5.10 Å². The second-order valence-corrected chi connectivity index (χ2v) is 9.38. The summed E-state index contributed by atoms with van der Waals surface area (Å²) in [4.78, 5) is 12.3. The first-order chi connectivity index (χ1) is 16.1. The fourth-order valence-electron chi connectivity index (χ4n) is 5.68. The van der Waals surface area contributed by atoms with Crippen LogP contribution in [0.4, 0.5) is 15.9 Å². The van der Waals surface area contributed by atoms with E-state index in [1.165, 1.54) is 0 Å². The molecule has 1 saturated heterocycles. The fourth-order valence-corrected chi connectivity index (χ4v) is 5.68. The number of rotatable bonds is 4. The second kappa shape index (κ2) is 6.74. The standard InChI is InChI=1S/C25H24FN7/c1-28-20-7-13(26)6-17-16(20)10-21-23(17)25(32-11-18-19(12-32)24(18)27)30-22(29-21)9-14-8-15-4-2-3-5-33(15)31-14/h2-8,18-19,24,28H,9-12,27H2,1H3. The fraction of sp³-hybridized carbons (Fsp3) is 0.320. The molecule has 7 rings (SSSR count). The largest absolute Gasteiger partial charge is 0.388 e. The Hall–Kier alpha value is -3.52. The molecule has 0 radical (unpaired) electrons. The maximum atomic E-state index is 14.5. The molecule has 0 amide bonds. The van der Waals surface area contributed by atoms with Crippen molar-refractivity contribution in [2.75, 3.05) is 30.4 Å². The molecule has 0 spiro atoms. The van der Waals surface area contributed by atoms with E-state index in [1.54, 1.807) is 12.1 Å². The highest BCUT2D eigenvalue weighted by Gasteiger charge is 2.54. The van der Waals surface area contributed by atoms with E-state index in [0.29, 0.717) is 30.7 Å². The van der Waals surface area contributed by atoms with Crippen LogP contribution in [0.5, 0.6) is 0 Å². The molecule has 8 heteroatoms. The van der Waals surface area contributed by atoms with Gasteiger partial charge in [-0.3, -0.25) is 0 Å². The summed E-state index contributed by atoms with van der Waals surface area (Å²) in [7, 11) is 1.83. The summed E-state index contributed by atoms with van der Waals surface area (Å²) in [5, 5.41) is 7.83. The van der Waals surface area contributed by atoms with Crippen molar-refractivity contribution in [3.63, 3.8) is 0 Å². The van der Waals surface area contributed by atoms with E-state index in [-0.39, 0.29) is 5.82 Å². The molecule has 166 valence electrons. The third-order valence-electron chi connectivity index (χ3n) is 7.43. The Balaban J connectivity index is 1.34. The van der Waals surface area contributed by atoms with Gasteiger partial charge in [0.15, 0.2) is 0 Å². The SMILES string of the molecule is CNc1cc(F)cc2c1Cc1nc(Cc3cc4ccccn4n3)nc(N3CC4C(N)C4C3)c1-2. The second-order valence-electron chi connectivity index (χ2n) is 9.38. The quantitative estimate of drug-likeness (QED) is 0.446. The minimum atomic E-state index is -0.253. The van der Waals surface area contributed by atoms with Gasteiger partial charge in [0.25, 0.3) is 0 Å². The molecule has 4 aromatic rings. The van der Waals surface area contributed by atoms with Crippen LogP contribution in [-0.4, -0.2) is 45.8 Å². The van der Waals surface area contributed by atoms with Crippen LogP contribution < -0.4 is 16.0 Å². The number of hydrogen-bond donors (Lipinski definition) is 2. The van der Waals surface area contributed by atoms with E-state index >= 15 is 0 Å². The van der Waals surface area contributed by atoms with E-state index in [1.807, 2.05) is 36.0 Å². The minimum absolute atomic E-state index is 0.253. The smallest absolute Gasteiger partial charge is 0.140 e.